The van der Waals surface area contributed by atoms with Crippen molar-refractivity contribution < 1.29 is 9.18 Å². The first kappa shape index (κ1) is 18.4. The number of hydrogen-bond donors (Lipinski definition) is 1. The molecule has 1 amide bonds. The number of hydrogen-bond acceptors (Lipinski definition) is 2. The summed E-state index contributed by atoms with van der Waals surface area (Å²) in [6, 6.07) is 14.2. The standard InChI is InChI=1S/C19H22ClFN2O/c1-3-18(14-8-10-16(20)11-9-14)22-12-19(24)23(2)13-15-6-4-5-7-17(15)21/h4-11,18,22H,3,12-13H2,1-2H3. The lowest BCUT2D eigenvalue weighted by molar-refractivity contribution is -0.129. The molecule has 0 radical (unpaired) electrons. The van der Waals surface area contributed by atoms with Gasteiger partial charge in [0, 0.05) is 30.2 Å². The predicted molar refractivity (Wildman–Crippen MR) is 95.4 cm³/mol. The van der Waals surface area contributed by atoms with Crippen molar-refractivity contribution in [3.63, 3.8) is 0 Å². The number of nitrogens with one attached hydrogen (secondary N) is 1. The Labute approximate surface area is 147 Å². The van der Waals surface area contributed by atoms with Gasteiger partial charge in [-0.3, -0.25) is 4.79 Å². The maximum Gasteiger partial charge on any atom is 0.236 e. The van der Waals surface area contributed by atoms with E-state index in [4.69, 9.17) is 11.6 Å². The fraction of sp³-hybridized carbons (Fsp3) is 0.316. The van der Waals surface area contributed by atoms with E-state index in [1.807, 2.05) is 24.3 Å². The zero-order chi connectivity index (χ0) is 17.5. The molecule has 0 heterocycles. The van der Waals surface area contributed by atoms with Crippen LogP contribution in [-0.4, -0.2) is 24.4 Å². The molecule has 5 heteroatoms. The van der Waals surface area contributed by atoms with Crippen molar-refractivity contribution >= 4 is 17.5 Å². The minimum Gasteiger partial charge on any atom is -0.340 e. The van der Waals surface area contributed by atoms with Gasteiger partial charge >= 0.3 is 0 Å². The normalized spacial score (nSPS) is 12.0. The highest BCUT2D eigenvalue weighted by Gasteiger charge is 2.14. The summed E-state index contributed by atoms with van der Waals surface area (Å²) < 4.78 is 13.7. The summed E-state index contributed by atoms with van der Waals surface area (Å²) in [4.78, 5) is 13.8. The Balaban J connectivity index is 1.91. The van der Waals surface area contributed by atoms with E-state index in [0.29, 0.717) is 10.6 Å². The first-order chi connectivity index (χ1) is 11.5. The van der Waals surface area contributed by atoms with Gasteiger partial charge in [-0.05, 0) is 30.2 Å². The number of nitrogens with zero attached hydrogens (tertiary/aromatic N) is 1. The molecule has 2 aromatic rings. The van der Waals surface area contributed by atoms with Crippen LogP contribution in [0.1, 0.15) is 30.5 Å². The Hall–Kier alpha value is -1.91. The van der Waals surface area contributed by atoms with Gasteiger partial charge < -0.3 is 10.2 Å². The molecule has 0 bridgehead atoms. The Bertz CT molecular complexity index is 675. The number of benzene rings is 2. The Morgan fingerprint density at radius 1 is 1.21 bits per heavy atom. The van der Waals surface area contributed by atoms with Crippen LogP contribution in [0.2, 0.25) is 5.02 Å². The highest BCUT2D eigenvalue weighted by Crippen LogP contribution is 2.19. The molecule has 0 aliphatic carbocycles. The van der Waals surface area contributed by atoms with E-state index >= 15 is 0 Å². The van der Waals surface area contributed by atoms with E-state index in [9.17, 15) is 9.18 Å². The Kier molecular flexibility index (Phi) is 6.76. The molecule has 0 aliphatic heterocycles. The first-order valence-corrected chi connectivity index (χ1v) is 8.35. The number of carbonyl (C=O) groups excluding carboxylic acids is 1. The molecule has 0 saturated heterocycles. The molecule has 0 aromatic heterocycles. The van der Waals surface area contributed by atoms with E-state index in [-0.39, 0.29) is 30.9 Å². The summed E-state index contributed by atoms with van der Waals surface area (Å²) in [5, 5.41) is 3.95. The molecule has 1 unspecified atom stereocenters. The van der Waals surface area contributed by atoms with Gasteiger partial charge in [-0.15, -0.1) is 0 Å². The van der Waals surface area contributed by atoms with Gasteiger partial charge in [0.2, 0.25) is 5.91 Å². The highest BCUT2D eigenvalue weighted by molar-refractivity contribution is 6.30. The smallest absolute Gasteiger partial charge is 0.236 e. The van der Waals surface area contributed by atoms with Gasteiger partial charge in [0.25, 0.3) is 0 Å². The molecule has 24 heavy (non-hydrogen) atoms. The zero-order valence-electron chi connectivity index (χ0n) is 13.9. The van der Waals surface area contributed by atoms with Crippen LogP contribution >= 0.6 is 11.6 Å². The third-order valence-electron chi connectivity index (χ3n) is 3.97. The van der Waals surface area contributed by atoms with Crippen LogP contribution in [0.4, 0.5) is 4.39 Å². The molecule has 1 N–H and O–H groups in total. The summed E-state index contributed by atoms with van der Waals surface area (Å²) in [5.74, 6) is -0.372. The van der Waals surface area contributed by atoms with Crippen molar-refractivity contribution in [2.24, 2.45) is 0 Å². The predicted octanol–water partition coefficient (Wildman–Crippen LogP) is 4.18. The van der Waals surface area contributed by atoms with E-state index in [0.717, 1.165) is 12.0 Å². The highest BCUT2D eigenvalue weighted by atomic mass is 35.5. The monoisotopic (exact) mass is 348 g/mol. The van der Waals surface area contributed by atoms with Gasteiger partial charge in [0.15, 0.2) is 0 Å². The topological polar surface area (TPSA) is 32.3 Å². The van der Waals surface area contributed by atoms with Crippen molar-refractivity contribution in [1.29, 1.82) is 0 Å². The second-order valence-corrected chi connectivity index (χ2v) is 6.17. The van der Waals surface area contributed by atoms with E-state index in [1.165, 1.54) is 11.0 Å². The van der Waals surface area contributed by atoms with Crippen LogP contribution in [0.15, 0.2) is 48.5 Å². The van der Waals surface area contributed by atoms with Crippen LogP contribution < -0.4 is 5.32 Å². The average Bonchev–Trinajstić information content (AvgIpc) is 2.58. The van der Waals surface area contributed by atoms with Crippen LogP contribution in [0.25, 0.3) is 0 Å². The fourth-order valence-corrected chi connectivity index (χ4v) is 2.63. The van der Waals surface area contributed by atoms with Gasteiger partial charge in [0.05, 0.1) is 6.54 Å². The van der Waals surface area contributed by atoms with Gasteiger partial charge in [0.1, 0.15) is 5.82 Å². The van der Waals surface area contributed by atoms with E-state index in [2.05, 4.69) is 12.2 Å². The first-order valence-electron chi connectivity index (χ1n) is 7.97. The lowest BCUT2D eigenvalue weighted by Crippen LogP contribution is -2.36. The molecular weight excluding hydrogens is 327 g/mol. The summed E-state index contributed by atoms with van der Waals surface area (Å²) >= 11 is 5.91. The third-order valence-corrected chi connectivity index (χ3v) is 4.22. The van der Waals surface area contributed by atoms with Crippen LogP contribution in [0, 0.1) is 5.82 Å². The second kappa shape index (κ2) is 8.81. The van der Waals surface area contributed by atoms with Gasteiger partial charge in [-0.2, -0.15) is 0 Å². The number of rotatable bonds is 7. The summed E-state index contributed by atoms with van der Waals surface area (Å²) in [7, 11) is 1.68. The SMILES string of the molecule is CCC(NCC(=O)N(C)Cc1ccccc1F)c1ccc(Cl)cc1. The minimum absolute atomic E-state index is 0.0769. The van der Waals surface area contributed by atoms with Gasteiger partial charge in [-0.1, -0.05) is 48.9 Å². The van der Waals surface area contributed by atoms with Crippen molar-refractivity contribution in [3.05, 3.63) is 70.5 Å². The molecule has 0 fully saturated rings. The largest absolute Gasteiger partial charge is 0.340 e. The fourth-order valence-electron chi connectivity index (χ4n) is 2.51. The molecule has 2 aromatic carbocycles. The third kappa shape index (κ3) is 5.05. The van der Waals surface area contributed by atoms with E-state index in [1.54, 1.807) is 25.2 Å². The van der Waals surface area contributed by atoms with Crippen LogP contribution in [0.3, 0.4) is 0 Å². The number of carbonyl (C=O) groups is 1. The van der Waals surface area contributed by atoms with Crippen molar-refractivity contribution in [1.82, 2.24) is 10.2 Å². The van der Waals surface area contributed by atoms with Crippen LogP contribution in [0.5, 0.6) is 0 Å². The lowest BCUT2D eigenvalue weighted by atomic mass is 10.0. The summed E-state index contributed by atoms with van der Waals surface area (Å²) in [6.45, 7) is 2.51. The molecule has 1 atom stereocenters. The molecule has 0 aliphatic rings. The van der Waals surface area contributed by atoms with E-state index < -0.39 is 0 Å². The molecule has 0 saturated carbocycles. The van der Waals surface area contributed by atoms with Crippen LogP contribution in [-0.2, 0) is 11.3 Å². The van der Waals surface area contributed by atoms with Gasteiger partial charge in [-0.25, -0.2) is 4.39 Å². The maximum atomic E-state index is 13.7. The number of halogens is 2. The van der Waals surface area contributed by atoms with Crippen molar-refractivity contribution in [3.8, 4) is 0 Å². The number of likely N-dealkylation sites (N-methyl/N-ethyl adjacent to an activating group) is 1. The molecule has 2 rings (SSSR count). The Morgan fingerprint density at radius 2 is 1.88 bits per heavy atom. The second-order valence-electron chi connectivity index (χ2n) is 5.73. The van der Waals surface area contributed by atoms with Crippen molar-refractivity contribution in [2.45, 2.75) is 25.9 Å². The lowest BCUT2D eigenvalue weighted by Gasteiger charge is -2.21. The molecule has 3 nitrogen and oxygen atoms in total. The maximum absolute atomic E-state index is 13.7. The molecule has 128 valence electrons. The Morgan fingerprint density at radius 3 is 2.50 bits per heavy atom. The van der Waals surface area contributed by atoms with Crippen molar-refractivity contribution in [2.75, 3.05) is 13.6 Å². The zero-order valence-corrected chi connectivity index (χ0v) is 14.7. The molecule has 0 spiro atoms. The quantitative estimate of drug-likeness (QED) is 0.814. The summed E-state index contributed by atoms with van der Waals surface area (Å²) in [6.07, 6.45) is 0.853. The minimum atomic E-state index is -0.294. The summed E-state index contributed by atoms with van der Waals surface area (Å²) in [5.41, 5.74) is 1.60. The number of amides is 1. The average molecular weight is 349 g/mol. The molecular formula is C19H22ClFN2O.